The van der Waals surface area contributed by atoms with Crippen molar-refractivity contribution in [3.05, 3.63) is 0 Å². The van der Waals surface area contributed by atoms with Gasteiger partial charge in [0.15, 0.2) is 0 Å². The Morgan fingerprint density at radius 2 is 0.194 bits per heavy atom. The average Bonchev–Trinajstić information content (AvgIpc) is 2.87. The Labute approximate surface area is 455 Å². The van der Waals surface area contributed by atoms with E-state index >= 15 is 0 Å². The lowest BCUT2D eigenvalue weighted by molar-refractivity contribution is 0.0571. The zero-order chi connectivity index (χ0) is 61.1. The van der Waals surface area contributed by atoms with Gasteiger partial charge in [-0.05, 0) is 236 Å². The van der Waals surface area contributed by atoms with Crippen LogP contribution in [0.25, 0.3) is 0 Å². The molecule has 72 heavy (non-hydrogen) atoms. The van der Waals surface area contributed by atoms with Crippen LogP contribution in [0.3, 0.4) is 0 Å². The van der Waals surface area contributed by atoms with E-state index in [1.165, 1.54) is 0 Å². The molecule has 9 heteroatoms. The van der Waals surface area contributed by atoms with Gasteiger partial charge in [-0.2, -0.15) is 0 Å². The lowest BCUT2D eigenvalue weighted by Crippen LogP contribution is -2.20. The maximum absolute atomic E-state index is 9.19. The van der Waals surface area contributed by atoms with E-state index in [-0.39, 0.29) is 0 Å². The van der Waals surface area contributed by atoms with Gasteiger partial charge in [0.1, 0.15) is 0 Å². The van der Waals surface area contributed by atoms with Crippen molar-refractivity contribution in [3.63, 3.8) is 0 Å². The maximum Gasteiger partial charge on any atom is 0.0594 e. The van der Waals surface area contributed by atoms with Crippen molar-refractivity contribution in [1.82, 2.24) is 0 Å². The number of aliphatic hydroxyl groups is 9. The zero-order valence-corrected chi connectivity index (χ0v) is 56.1. The van der Waals surface area contributed by atoms with Crippen molar-refractivity contribution in [2.24, 2.45) is 53.3 Å². The van der Waals surface area contributed by atoms with E-state index in [4.69, 9.17) is 0 Å². The highest BCUT2D eigenvalue weighted by Gasteiger charge is 2.18. The van der Waals surface area contributed by atoms with Gasteiger partial charge in [0.2, 0.25) is 0 Å². The van der Waals surface area contributed by atoms with Crippen LogP contribution in [0.15, 0.2) is 0 Å². The highest BCUT2D eigenvalue weighted by molar-refractivity contribution is 4.71. The summed E-state index contributed by atoms with van der Waals surface area (Å²) in [5.41, 5.74) is -4.30. The van der Waals surface area contributed by atoms with Gasteiger partial charge in [0, 0.05) is 0 Å². The van der Waals surface area contributed by atoms with Gasteiger partial charge in [-0.25, -0.2) is 0 Å². The first-order valence-electron chi connectivity index (χ1n) is 28.3. The molecule has 0 bridgehead atoms. The van der Waals surface area contributed by atoms with Crippen LogP contribution in [0.2, 0.25) is 0 Å². The van der Waals surface area contributed by atoms with Gasteiger partial charge >= 0.3 is 0 Å². The van der Waals surface area contributed by atoms with Gasteiger partial charge in [-0.1, -0.05) is 125 Å². The Bertz CT molecular complexity index is 819. The monoisotopic (exact) mass is 1050 g/mol. The summed E-state index contributed by atoms with van der Waals surface area (Å²) in [5.74, 6) is 5.33. The lowest BCUT2D eigenvalue weighted by Gasteiger charge is -2.18. The second-order valence-electron chi connectivity index (χ2n) is 30.7. The fraction of sp³-hybridized carbons (Fsp3) is 1.00. The smallest absolute Gasteiger partial charge is 0.0594 e. The molecular formula is C63H144O9. The number of rotatable bonds is 18. The first-order chi connectivity index (χ1) is 30.7. The van der Waals surface area contributed by atoms with Crippen LogP contribution in [0.5, 0.6) is 0 Å². The molecule has 0 saturated heterocycles. The Morgan fingerprint density at radius 1 is 0.153 bits per heavy atom. The zero-order valence-electron chi connectivity index (χ0n) is 56.1. The molecule has 0 heterocycles. The van der Waals surface area contributed by atoms with Gasteiger partial charge in [0.25, 0.3) is 0 Å². The molecule has 0 fully saturated rings. The summed E-state index contributed by atoms with van der Waals surface area (Å²) in [4.78, 5) is 0. The Morgan fingerprint density at radius 3 is 0.194 bits per heavy atom. The first-order valence-corrected chi connectivity index (χ1v) is 28.3. The minimum absolute atomic E-state index is 0.478. The Hall–Kier alpha value is -0.360. The molecule has 0 radical (unpaired) electrons. The summed E-state index contributed by atoms with van der Waals surface area (Å²) < 4.78 is 0. The third-order valence-corrected chi connectivity index (χ3v) is 8.17. The van der Waals surface area contributed by atoms with Crippen molar-refractivity contribution < 1.29 is 46.0 Å². The van der Waals surface area contributed by atoms with Crippen molar-refractivity contribution in [2.75, 3.05) is 0 Å². The van der Waals surface area contributed by atoms with Crippen LogP contribution in [0.1, 0.15) is 307 Å². The second-order valence-corrected chi connectivity index (χ2v) is 30.7. The van der Waals surface area contributed by atoms with Crippen molar-refractivity contribution in [1.29, 1.82) is 0 Å². The molecule has 0 saturated carbocycles. The number of hydrogen-bond donors (Lipinski definition) is 9. The summed E-state index contributed by atoms with van der Waals surface area (Å²) in [6, 6.07) is 0. The third-order valence-electron chi connectivity index (χ3n) is 8.17. The van der Waals surface area contributed by atoms with Crippen LogP contribution in [0.4, 0.5) is 0 Å². The van der Waals surface area contributed by atoms with Gasteiger partial charge < -0.3 is 46.0 Å². The fourth-order valence-corrected chi connectivity index (χ4v) is 8.99. The Kier molecular flexibility index (Phi) is 53.9. The van der Waals surface area contributed by atoms with Crippen LogP contribution in [-0.2, 0) is 0 Å². The predicted octanol–water partition coefficient (Wildman–Crippen LogP) is 16.2. The first kappa shape index (κ1) is 91.1. The van der Waals surface area contributed by atoms with E-state index in [1.807, 2.05) is 125 Å². The molecule has 0 spiro atoms. The summed E-state index contributed by atoms with van der Waals surface area (Å²) >= 11 is 0. The molecule has 0 aromatic heterocycles. The normalized spacial score (nSPS) is 12.8. The predicted molar refractivity (Wildman–Crippen MR) is 322 cm³/mol. The molecule has 0 aliphatic carbocycles. The lowest BCUT2D eigenvalue weighted by atomic mass is 9.97. The third kappa shape index (κ3) is 165. The summed E-state index contributed by atoms with van der Waals surface area (Å²) in [5, 5.41) is 82.7. The molecule has 9 nitrogen and oxygen atoms in total. The van der Waals surface area contributed by atoms with E-state index in [1.54, 1.807) is 0 Å². The van der Waals surface area contributed by atoms with E-state index < -0.39 is 50.4 Å². The number of hydrogen-bond acceptors (Lipinski definition) is 9. The van der Waals surface area contributed by atoms with Crippen molar-refractivity contribution in [2.45, 2.75) is 357 Å². The second kappa shape index (κ2) is 42.6. The quantitative estimate of drug-likeness (QED) is 0.0645. The molecule has 0 atom stereocenters. The minimum atomic E-state index is -0.478. The SMILES string of the molecule is CC(C)CC(C)(C)O.CC(C)CC(C)(C)O.CC(C)CC(C)(C)O.CC(C)CC(C)(C)O.CC(C)CC(C)(C)O.CC(C)CC(C)(C)O.CC(C)CC(C)(C)O.CC(C)CC(C)(C)O.CC(C)CC(C)(C)O. The Balaban J connectivity index is -0.0000000886. The molecule has 9 N–H and O–H groups in total. The largest absolute Gasteiger partial charge is 0.390 e. The maximum atomic E-state index is 9.19. The molecular weight excluding hydrogens is 901 g/mol. The molecule has 0 aromatic rings. The van der Waals surface area contributed by atoms with Crippen LogP contribution >= 0.6 is 0 Å². The van der Waals surface area contributed by atoms with E-state index in [0.29, 0.717) is 53.3 Å². The van der Waals surface area contributed by atoms with Gasteiger partial charge in [-0.15, -0.1) is 0 Å². The van der Waals surface area contributed by atoms with Gasteiger partial charge in [-0.3, -0.25) is 0 Å². The minimum Gasteiger partial charge on any atom is -0.390 e. The van der Waals surface area contributed by atoms with Crippen LogP contribution in [0, 0.1) is 53.3 Å². The average molecular weight is 1050 g/mol. The highest BCUT2D eigenvalue weighted by atomic mass is 16.3. The molecule has 0 amide bonds. The molecule has 0 aliphatic rings. The van der Waals surface area contributed by atoms with Crippen molar-refractivity contribution in [3.8, 4) is 0 Å². The molecule has 0 unspecified atom stereocenters. The molecule has 450 valence electrons. The molecule has 0 rings (SSSR count). The van der Waals surface area contributed by atoms with Crippen LogP contribution < -0.4 is 0 Å². The summed E-state index contributed by atoms with van der Waals surface area (Å²) in [7, 11) is 0. The van der Waals surface area contributed by atoms with E-state index in [2.05, 4.69) is 125 Å². The fourth-order valence-electron chi connectivity index (χ4n) is 8.99. The topological polar surface area (TPSA) is 182 Å². The van der Waals surface area contributed by atoms with Crippen LogP contribution in [-0.4, -0.2) is 96.4 Å². The summed E-state index contributed by atoms with van der Waals surface area (Å²) in [6.45, 7) is 71.1. The molecule has 0 aromatic carbocycles. The van der Waals surface area contributed by atoms with E-state index in [0.717, 1.165) is 57.8 Å². The standard InChI is InChI=1S/9C7H16O/c9*1-6(2)5-7(3,4)8/h9*6,8H,5H2,1-4H3. The highest BCUT2D eigenvalue weighted by Crippen LogP contribution is 2.19. The van der Waals surface area contributed by atoms with E-state index in [9.17, 15) is 46.0 Å². The molecule has 0 aliphatic heterocycles. The van der Waals surface area contributed by atoms with Gasteiger partial charge in [0.05, 0.1) is 50.4 Å². The van der Waals surface area contributed by atoms with Crippen molar-refractivity contribution >= 4 is 0 Å². The summed E-state index contributed by atoms with van der Waals surface area (Å²) in [6.07, 6.45) is 7.94.